The molecule has 0 bridgehead atoms. The van der Waals surface area contributed by atoms with E-state index in [0.717, 1.165) is 110 Å². The highest BCUT2D eigenvalue weighted by atomic mass is 16.6. The van der Waals surface area contributed by atoms with Crippen molar-refractivity contribution < 1.29 is 29.0 Å². The van der Waals surface area contributed by atoms with Crippen LogP contribution in [0, 0.1) is 92.7 Å². The molecule has 414 valence electrons. The average molecular weight is 1020 g/mol. The number of hydrogen-bond acceptors (Lipinski definition) is 6. The summed E-state index contributed by atoms with van der Waals surface area (Å²) in [5.41, 5.74) is 4.39. The van der Waals surface area contributed by atoms with Crippen molar-refractivity contribution in [1.29, 1.82) is 0 Å². The van der Waals surface area contributed by atoms with Gasteiger partial charge in [-0.25, -0.2) is 14.4 Å². The second kappa shape index (κ2) is 23.9. The van der Waals surface area contributed by atoms with Gasteiger partial charge in [-0.3, -0.25) is 4.90 Å². The van der Waals surface area contributed by atoms with Crippen molar-refractivity contribution in [3.05, 3.63) is 23.3 Å². The van der Waals surface area contributed by atoms with Gasteiger partial charge in [-0.05, 0) is 183 Å². The second-order valence-electron chi connectivity index (χ2n) is 28.0. The fourth-order valence-electron chi connectivity index (χ4n) is 19.2. The first kappa shape index (κ1) is 56.5. The van der Waals surface area contributed by atoms with E-state index in [4.69, 9.17) is 9.47 Å². The molecule has 6 saturated carbocycles. The van der Waals surface area contributed by atoms with E-state index in [0.29, 0.717) is 43.6 Å². The molecule has 2 unspecified atom stereocenters. The average Bonchev–Trinajstić information content (AvgIpc) is 3.88. The largest absolute Gasteiger partial charge is 0.465 e. The van der Waals surface area contributed by atoms with Crippen LogP contribution in [0.4, 0.5) is 14.4 Å². The number of amides is 3. The van der Waals surface area contributed by atoms with E-state index < -0.39 is 6.09 Å². The second-order valence-corrected chi connectivity index (χ2v) is 28.0. The van der Waals surface area contributed by atoms with Gasteiger partial charge < -0.3 is 30.5 Å². The zero-order valence-corrected chi connectivity index (χ0v) is 48.0. The van der Waals surface area contributed by atoms with E-state index in [-0.39, 0.29) is 41.8 Å². The number of nitrogens with zero attached hydrogens (tertiary/aromatic N) is 1. The smallest absolute Gasteiger partial charge is 0.407 e. The molecule has 4 N–H and O–H groups in total. The Morgan fingerprint density at radius 1 is 0.562 bits per heavy atom. The maximum absolute atomic E-state index is 13.3. The minimum absolute atomic E-state index is 0.121. The molecule has 10 heteroatoms. The van der Waals surface area contributed by atoms with Crippen molar-refractivity contribution in [2.75, 3.05) is 39.3 Å². The SMILES string of the molecule is CC(C)CCC[C@@H](C)[C@H]1CC[C@H]2[C@@H]3CC=C4CC(OC(=O)NCCN(CCNC(=O)O)CCNC(=O)OC5CC[C@@]6(C)C(=CC[C@H]7[C@@H]8CC[C@H]([C@H](C)CCCC(C)C)[C@@]8(C)CC[C@@H]76)C5)CC[C@]4(C)[C@H]3CC[C@]12C. The van der Waals surface area contributed by atoms with Crippen molar-refractivity contribution in [3.8, 4) is 0 Å². The maximum atomic E-state index is 13.3. The van der Waals surface area contributed by atoms with E-state index in [2.05, 4.69) is 102 Å². The lowest BCUT2D eigenvalue weighted by Crippen LogP contribution is -2.51. The first-order chi connectivity index (χ1) is 34.7. The van der Waals surface area contributed by atoms with E-state index >= 15 is 0 Å². The zero-order chi connectivity index (χ0) is 52.3. The van der Waals surface area contributed by atoms with Gasteiger partial charge in [-0.1, -0.05) is 131 Å². The van der Waals surface area contributed by atoms with Crippen LogP contribution in [0.3, 0.4) is 0 Å². The highest BCUT2D eigenvalue weighted by molar-refractivity contribution is 5.68. The van der Waals surface area contributed by atoms with Crippen LogP contribution < -0.4 is 16.0 Å². The third kappa shape index (κ3) is 12.3. The van der Waals surface area contributed by atoms with E-state index in [1.165, 1.54) is 114 Å². The summed E-state index contributed by atoms with van der Waals surface area (Å²) in [5.74, 6) is 9.62. The van der Waals surface area contributed by atoms with E-state index in [1.54, 1.807) is 0 Å². The molecule has 0 aromatic rings. The molecular formula is C63H106N4O6. The van der Waals surface area contributed by atoms with Gasteiger partial charge in [0.1, 0.15) is 12.2 Å². The van der Waals surface area contributed by atoms with Crippen LogP contribution in [-0.2, 0) is 9.47 Å². The molecule has 73 heavy (non-hydrogen) atoms. The number of ether oxygens (including phenoxy) is 2. The summed E-state index contributed by atoms with van der Waals surface area (Å²) in [7, 11) is 0. The number of carbonyl (C=O) groups excluding carboxylic acids is 2. The predicted octanol–water partition coefficient (Wildman–Crippen LogP) is 14.8. The number of hydrogen-bond donors (Lipinski definition) is 4. The summed E-state index contributed by atoms with van der Waals surface area (Å²) in [6.07, 6.45) is 30.3. The van der Waals surface area contributed by atoms with Crippen molar-refractivity contribution in [2.45, 2.75) is 223 Å². The van der Waals surface area contributed by atoms with Crippen molar-refractivity contribution in [2.24, 2.45) is 92.7 Å². The van der Waals surface area contributed by atoms with Crippen LogP contribution in [-0.4, -0.2) is 79.8 Å². The molecule has 6 fully saturated rings. The lowest BCUT2D eigenvalue weighted by Gasteiger charge is -2.58. The first-order valence-corrected chi connectivity index (χ1v) is 30.7. The van der Waals surface area contributed by atoms with Gasteiger partial charge in [0, 0.05) is 52.1 Å². The summed E-state index contributed by atoms with van der Waals surface area (Å²) >= 11 is 0. The highest BCUT2D eigenvalue weighted by Crippen LogP contribution is 2.69. The third-order valence-electron chi connectivity index (χ3n) is 23.2. The molecular weight excluding hydrogens is 909 g/mol. The number of fused-ring (bicyclic) bond motifs is 10. The normalized spacial score (nSPS) is 38.4. The highest BCUT2D eigenvalue weighted by Gasteiger charge is 2.61. The monoisotopic (exact) mass is 1010 g/mol. The standard InChI is InChI=1S/C63H106N4O6/c1-41(2)13-11-15-43(5)51-21-23-53-49-19-17-45-39-47(25-29-60(45,7)55(49)27-31-62(51,53)9)72-58(70)65-34-37-67(36-33-64-57(68)69)38-35-66-59(71)73-48-26-30-61(8)46(40-48)18-20-50-54-24-22-52(44(6)16-12-14-42(3)4)63(54,10)32-28-56(50)61/h17-18,41-44,47-56,64H,11-16,19-40H2,1-10H3,(H,65,70)(H,66,71)(H,68,69)/t43-,44-,47?,48?,49+,50+,51-,52-,53+,54+,55+,56+,60+,61+,62-,63-/m1/s1. The molecule has 0 radical (unpaired) electrons. The lowest BCUT2D eigenvalue weighted by molar-refractivity contribution is -0.0581. The molecule has 0 spiro atoms. The van der Waals surface area contributed by atoms with E-state index in [1.807, 2.05) is 0 Å². The summed E-state index contributed by atoms with van der Waals surface area (Å²) in [6, 6.07) is 0. The number of alkyl carbamates (subject to hydrolysis) is 2. The summed E-state index contributed by atoms with van der Waals surface area (Å²) < 4.78 is 12.2. The minimum atomic E-state index is -1.07. The Morgan fingerprint density at radius 2 is 0.973 bits per heavy atom. The molecule has 0 heterocycles. The van der Waals surface area contributed by atoms with Crippen molar-refractivity contribution >= 4 is 18.3 Å². The Balaban J connectivity index is 0.760. The fourth-order valence-corrected chi connectivity index (χ4v) is 19.2. The number of allylic oxidation sites excluding steroid dienone is 2. The Labute approximate surface area is 444 Å². The fraction of sp³-hybridized carbons (Fsp3) is 0.889. The van der Waals surface area contributed by atoms with Crippen LogP contribution >= 0.6 is 0 Å². The molecule has 8 rings (SSSR count). The molecule has 3 amide bonds. The predicted molar refractivity (Wildman–Crippen MR) is 295 cm³/mol. The Bertz CT molecular complexity index is 1830. The van der Waals surface area contributed by atoms with Gasteiger partial charge in [0.25, 0.3) is 0 Å². The number of nitrogens with one attached hydrogen (secondary N) is 3. The molecule has 0 saturated heterocycles. The number of carbonyl (C=O) groups is 3. The van der Waals surface area contributed by atoms with Crippen LogP contribution in [0.5, 0.6) is 0 Å². The van der Waals surface area contributed by atoms with E-state index in [9.17, 15) is 19.5 Å². The summed E-state index contributed by atoms with van der Waals surface area (Å²) in [4.78, 5) is 39.9. The molecule has 10 nitrogen and oxygen atoms in total. The zero-order valence-electron chi connectivity index (χ0n) is 48.0. The maximum Gasteiger partial charge on any atom is 0.407 e. The lowest BCUT2D eigenvalue weighted by atomic mass is 9.47. The topological polar surface area (TPSA) is 129 Å². The first-order valence-electron chi connectivity index (χ1n) is 30.7. The Morgan fingerprint density at radius 3 is 1.37 bits per heavy atom. The quantitative estimate of drug-likeness (QED) is 0.0843. The van der Waals surface area contributed by atoms with Gasteiger partial charge in [0.15, 0.2) is 0 Å². The number of rotatable bonds is 21. The molecule has 8 aliphatic rings. The van der Waals surface area contributed by atoms with Crippen molar-refractivity contribution in [1.82, 2.24) is 20.9 Å². The van der Waals surface area contributed by atoms with Gasteiger partial charge in [-0.15, -0.1) is 0 Å². The van der Waals surface area contributed by atoms with Gasteiger partial charge in [0.05, 0.1) is 0 Å². The Hall–Kier alpha value is -2.75. The molecule has 16 atom stereocenters. The summed E-state index contributed by atoms with van der Waals surface area (Å²) in [5, 5.41) is 17.7. The van der Waals surface area contributed by atoms with Gasteiger partial charge in [-0.2, -0.15) is 0 Å². The summed E-state index contributed by atoms with van der Waals surface area (Å²) in [6.45, 7) is 27.4. The Kier molecular flexibility index (Phi) is 18.5. The van der Waals surface area contributed by atoms with Gasteiger partial charge >= 0.3 is 18.3 Å². The van der Waals surface area contributed by atoms with Gasteiger partial charge in [0.2, 0.25) is 0 Å². The minimum Gasteiger partial charge on any atom is -0.465 e. The van der Waals surface area contributed by atoms with Crippen LogP contribution in [0.1, 0.15) is 210 Å². The third-order valence-corrected chi connectivity index (χ3v) is 23.2. The molecule has 0 aromatic carbocycles. The van der Waals surface area contributed by atoms with Crippen LogP contribution in [0.15, 0.2) is 23.3 Å². The van der Waals surface area contributed by atoms with Crippen LogP contribution in [0.25, 0.3) is 0 Å². The molecule has 8 aliphatic carbocycles. The number of carboxylic acid groups (broad SMARTS) is 1. The van der Waals surface area contributed by atoms with Crippen LogP contribution in [0.2, 0.25) is 0 Å². The molecule has 0 aromatic heterocycles. The van der Waals surface area contributed by atoms with Crippen molar-refractivity contribution in [3.63, 3.8) is 0 Å². The molecule has 0 aliphatic heterocycles.